The van der Waals surface area contributed by atoms with Crippen LogP contribution in [0.3, 0.4) is 0 Å². The maximum atomic E-state index is 9.50. The summed E-state index contributed by atoms with van der Waals surface area (Å²) in [4.78, 5) is 4.45. The number of pyridine rings is 1. The van der Waals surface area contributed by atoms with E-state index in [2.05, 4.69) is 18.0 Å². The Kier molecular flexibility index (Phi) is 6.12. The minimum Gasteiger partial charge on any atom is -0.396 e. The molecule has 1 N–H and O–H groups in total. The van der Waals surface area contributed by atoms with Gasteiger partial charge in [-0.25, -0.2) is 0 Å². The van der Waals surface area contributed by atoms with Crippen LogP contribution in [0.4, 0.5) is 0 Å². The number of unbranched alkanes of at least 4 members (excludes halogenated alkanes) is 1. The molecule has 0 unspecified atom stereocenters. The molecule has 0 aliphatic carbocycles. The van der Waals surface area contributed by atoms with Gasteiger partial charge in [0.05, 0.1) is 17.3 Å². The summed E-state index contributed by atoms with van der Waals surface area (Å²) in [6.07, 6.45) is 5.52. The van der Waals surface area contributed by atoms with Crippen molar-refractivity contribution >= 4 is 0 Å². The summed E-state index contributed by atoms with van der Waals surface area (Å²) in [5.41, 5.74) is 3.80. The van der Waals surface area contributed by atoms with Gasteiger partial charge in [-0.1, -0.05) is 31.5 Å². The summed E-state index contributed by atoms with van der Waals surface area (Å²) >= 11 is 0. The molecule has 1 heterocycles. The standard InChI is InChI=1S/C19H22N2O/c1-2-15(8-4-6-13-22)19-16(14-20)9-7-10-17(19)18-11-3-5-12-21-18/h3,5,7,9-12,15,22H,2,4,6,8,13H2,1H3/t15-/m0/s1. The van der Waals surface area contributed by atoms with E-state index < -0.39 is 0 Å². The predicted molar refractivity (Wildman–Crippen MR) is 88.4 cm³/mol. The SMILES string of the molecule is CC[C@@H](CCCCO)c1c(C#N)cccc1-c1ccccn1. The molecule has 1 aromatic carbocycles. The van der Waals surface area contributed by atoms with Crippen molar-refractivity contribution in [1.29, 1.82) is 5.26 Å². The Balaban J connectivity index is 2.45. The van der Waals surface area contributed by atoms with Crippen LogP contribution in [-0.4, -0.2) is 16.7 Å². The quantitative estimate of drug-likeness (QED) is 0.775. The van der Waals surface area contributed by atoms with Crippen molar-refractivity contribution < 1.29 is 5.11 Å². The van der Waals surface area contributed by atoms with Gasteiger partial charge in [-0.05, 0) is 48.9 Å². The third-order valence-corrected chi connectivity index (χ3v) is 4.03. The Hall–Kier alpha value is -2.18. The molecule has 0 aliphatic heterocycles. The van der Waals surface area contributed by atoms with E-state index in [1.165, 1.54) is 0 Å². The van der Waals surface area contributed by atoms with Crippen molar-refractivity contribution in [2.24, 2.45) is 0 Å². The monoisotopic (exact) mass is 294 g/mol. The largest absolute Gasteiger partial charge is 0.396 e. The van der Waals surface area contributed by atoms with E-state index in [9.17, 15) is 5.26 Å². The van der Waals surface area contributed by atoms with Crippen LogP contribution in [0.25, 0.3) is 11.3 Å². The first-order chi connectivity index (χ1) is 10.8. The van der Waals surface area contributed by atoms with Gasteiger partial charge >= 0.3 is 0 Å². The normalized spacial score (nSPS) is 11.9. The lowest BCUT2D eigenvalue weighted by Gasteiger charge is -2.20. The summed E-state index contributed by atoms with van der Waals surface area (Å²) in [6.45, 7) is 2.38. The molecule has 3 heteroatoms. The third kappa shape index (κ3) is 3.72. The first-order valence-electron chi connectivity index (χ1n) is 7.87. The average molecular weight is 294 g/mol. The van der Waals surface area contributed by atoms with Gasteiger partial charge in [0, 0.05) is 18.4 Å². The number of rotatable bonds is 7. The molecule has 1 atom stereocenters. The van der Waals surface area contributed by atoms with E-state index in [-0.39, 0.29) is 6.61 Å². The minimum atomic E-state index is 0.226. The number of aliphatic hydroxyl groups is 1. The number of hydrogen-bond acceptors (Lipinski definition) is 3. The molecule has 0 aliphatic rings. The fourth-order valence-electron chi connectivity index (χ4n) is 2.90. The lowest BCUT2D eigenvalue weighted by molar-refractivity contribution is 0.281. The number of hydrogen-bond donors (Lipinski definition) is 1. The highest BCUT2D eigenvalue weighted by Crippen LogP contribution is 2.35. The maximum absolute atomic E-state index is 9.50. The number of aromatic nitrogens is 1. The Morgan fingerprint density at radius 1 is 1.18 bits per heavy atom. The van der Waals surface area contributed by atoms with Crippen LogP contribution in [0.1, 0.15) is 49.7 Å². The second-order valence-electron chi connectivity index (χ2n) is 5.42. The predicted octanol–water partition coefficient (Wildman–Crippen LogP) is 4.28. The molecule has 22 heavy (non-hydrogen) atoms. The number of nitriles is 1. The van der Waals surface area contributed by atoms with Gasteiger partial charge in [0.25, 0.3) is 0 Å². The molecule has 0 radical (unpaired) electrons. The molecule has 0 spiro atoms. The molecule has 2 rings (SSSR count). The minimum absolute atomic E-state index is 0.226. The number of benzene rings is 1. The fourth-order valence-corrected chi connectivity index (χ4v) is 2.90. The van der Waals surface area contributed by atoms with Crippen molar-refractivity contribution in [1.82, 2.24) is 4.98 Å². The second kappa shape index (κ2) is 8.31. The molecule has 2 aromatic rings. The summed E-state index contributed by atoms with van der Waals surface area (Å²) in [6, 6.07) is 14.0. The summed E-state index contributed by atoms with van der Waals surface area (Å²) in [5.74, 6) is 0.319. The van der Waals surface area contributed by atoms with Crippen molar-refractivity contribution in [3.63, 3.8) is 0 Å². The molecular formula is C19H22N2O. The van der Waals surface area contributed by atoms with Crippen molar-refractivity contribution in [3.05, 3.63) is 53.7 Å². The van der Waals surface area contributed by atoms with E-state index in [1.807, 2.05) is 36.4 Å². The Bertz CT molecular complexity index is 632. The van der Waals surface area contributed by atoms with Crippen molar-refractivity contribution in [2.75, 3.05) is 6.61 Å². The first-order valence-corrected chi connectivity index (χ1v) is 7.87. The zero-order chi connectivity index (χ0) is 15.8. The molecule has 114 valence electrons. The topological polar surface area (TPSA) is 56.9 Å². The van der Waals surface area contributed by atoms with Crippen LogP contribution in [0.5, 0.6) is 0 Å². The molecule has 0 fully saturated rings. The van der Waals surface area contributed by atoms with Crippen molar-refractivity contribution in [3.8, 4) is 17.3 Å². The van der Waals surface area contributed by atoms with Crippen LogP contribution in [0.15, 0.2) is 42.6 Å². The first kappa shape index (κ1) is 16.2. The van der Waals surface area contributed by atoms with E-state index in [0.29, 0.717) is 5.92 Å². The molecule has 1 aromatic heterocycles. The van der Waals surface area contributed by atoms with Gasteiger partial charge in [0.15, 0.2) is 0 Å². The van der Waals surface area contributed by atoms with Crippen LogP contribution in [0, 0.1) is 11.3 Å². The van der Waals surface area contributed by atoms with E-state index >= 15 is 0 Å². The molecule has 3 nitrogen and oxygen atoms in total. The lowest BCUT2D eigenvalue weighted by atomic mass is 9.84. The van der Waals surface area contributed by atoms with Crippen LogP contribution >= 0.6 is 0 Å². The molecule has 0 amide bonds. The summed E-state index contributed by atoms with van der Waals surface area (Å²) < 4.78 is 0. The highest BCUT2D eigenvalue weighted by Gasteiger charge is 2.19. The number of nitrogens with zero attached hydrogens (tertiary/aromatic N) is 2. The number of aliphatic hydroxyl groups excluding tert-OH is 1. The highest BCUT2D eigenvalue weighted by atomic mass is 16.2. The van der Waals surface area contributed by atoms with E-state index in [0.717, 1.165) is 48.1 Å². The zero-order valence-corrected chi connectivity index (χ0v) is 13.0. The van der Waals surface area contributed by atoms with E-state index in [4.69, 9.17) is 5.11 Å². The maximum Gasteiger partial charge on any atom is 0.0994 e. The summed E-state index contributed by atoms with van der Waals surface area (Å²) in [7, 11) is 0. The molecule has 0 saturated carbocycles. The van der Waals surface area contributed by atoms with Gasteiger partial charge in [-0.15, -0.1) is 0 Å². The van der Waals surface area contributed by atoms with Crippen LogP contribution < -0.4 is 0 Å². The lowest BCUT2D eigenvalue weighted by Crippen LogP contribution is -2.04. The fraction of sp³-hybridized carbons (Fsp3) is 0.368. The third-order valence-electron chi connectivity index (χ3n) is 4.03. The average Bonchev–Trinajstić information content (AvgIpc) is 2.59. The molecule has 0 saturated heterocycles. The smallest absolute Gasteiger partial charge is 0.0994 e. The Labute approximate surface area is 132 Å². The van der Waals surface area contributed by atoms with Gasteiger partial charge < -0.3 is 5.11 Å². The van der Waals surface area contributed by atoms with Crippen molar-refractivity contribution in [2.45, 2.75) is 38.5 Å². The van der Waals surface area contributed by atoms with Gasteiger partial charge in [-0.2, -0.15) is 5.26 Å². The second-order valence-corrected chi connectivity index (χ2v) is 5.42. The highest BCUT2D eigenvalue weighted by molar-refractivity contribution is 5.68. The van der Waals surface area contributed by atoms with Gasteiger partial charge in [-0.3, -0.25) is 4.98 Å². The van der Waals surface area contributed by atoms with E-state index in [1.54, 1.807) is 6.20 Å². The molecule has 0 bridgehead atoms. The van der Waals surface area contributed by atoms with Gasteiger partial charge in [0.2, 0.25) is 0 Å². The summed E-state index contributed by atoms with van der Waals surface area (Å²) in [5, 5.41) is 18.5. The zero-order valence-electron chi connectivity index (χ0n) is 13.0. The Morgan fingerprint density at radius 2 is 2.05 bits per heavy atom. The molecular weight excluding hydrogens is 272 g/mol. The van der Waals surface area contributed by atoms with Crippen LogP contribution in [-0.2, 0) is 0 Å². The Morgan fingerprint density at radius 3 is 2.68 bits per heavy atom. The van der Waals surface area contributed by atoms with Crippen LogP contribution in [0.2, 0.25) is 0 Å². The van der Waals surface area contributed by atoms with Gasteiger partial charge in [0.1, 0.15) is 0 Å².